The molecular formula is C12H23IN4O2. The summed E-state index contributed by atoms with van der Waals surface area (Å²) < 4.78 is 0. The highest BCUT2D eigenvalue weighted by atomic mass is 127. The van der Waals surface area contributed by atoms with E-state index < -0.39 is 0 Å². The van der Waals surface area contributed by atoms with Gasteiger partial charge in [0.1, 0.15) is 0 Å². The number of carbonyl (C=O) groups is 2. The van der Waals surface area contributed by atoms with E-state index in [0.29, 0.717) is 44.9 Å². The number of hydrogen-bond acceptors (Lipinski definition) is 3. The van der Waals surface area contributed by atoms with Gasteiger partial charge >= 0.3 is 0 Å². The zero-order valence-electron chi connectivity index (χ0n) is 11.4. The number of rotatable bonds is 6. The SMILES string of the molecule is CCCCN=C(N)NCCN1C(=O)CCCC1=O.I. The van der Waals surface area contributed by atoms with Gasteiger partial charge < -0.3 is 11.1 Å². The lowest BCUT2D eigenvalue weighted by atomic mass is 10.1. The molecule has 0 radical (unpaired) electrons. The number of piperidine rings is 1. The topological polar surface area (TPSA) is 87.8 Å². The molecule has 1 saturated heterocycles. The first-order valence-corrected chi connectivity index (χ1v) is 6.52. The molecule has 0 aliphatic carbocycles. The Labute approximate surface area is 131 Å². The molecule has 2 amide bonds. The van der Waals surface area contributed by atoms with Crippen molar-refractivity contribution < 1.29 is 9.59 Å². The minimum absolute atomic E-state index is 0. The fourth-order valence-electron chi connectivity index (χ4n) is 1.76. The van der Waals surface area contributed by atoms with E-state index in [1.54, 1.807) is 0 Å². The third kappa shape index (κ3) is 6.74. The molecule has 3 N–H and O–H groups in total. The van der Waals surface area contributed by atoms with Gasteiger partial charge in [0, 0.05) is 32.5 Å². The van der Waals surface area contributed by atoms with Gasteiger partial charge in [0.15, 0.2) is 5.96 Å². The third-order valence-electron chi connectivity index (χ3n) is 2.82. The molecule has 1 aliphatic heterocycles. The normalized spacial score (nSPS) is 16.3. The van der Waals surface area contributed by atoms with Crippen LogP contribution in [0.2, 0.25) is 0 Å². The van der Waals surface area contributed by atoms with Crippen LogP contribution in [0.3, 0.4) is 0 Å². The minimum atomic E-state index is -0.0884. The zero-order valence-corrected chi connectivity index (χ0v) is 13.7. The second-order valence-corrected chi connectivity index (χ2v) is 4.34. The molecule has 0 spiro atoms. The number of imide groups is 1. The first-order valence-electron chi connectivity index (χ1n) is 6.52. The van der Waals surface area contributed by atoms with Crippen LogP contribution in [0.25, 0.3) is 0 Å². The maximum Gasteiger partial charge on any atom is 0.229 e. The highest BCUT2D eigenvalue weighted by Crippen LogP contribution is 2.11. The summed E-state index contributed by atoms with van der Waals surface area (Å²) in [5.74, 6) is 0.199. The van der Waals surface area contributed by atoms with Crippen molar-refractivity contribution in [1.29, 1.82) is 0 Å². The van der Waals surface area contributed by atoms with E-state index in [1.807, 2.05) is 0 Å². The Hall–Kier alpha value is -0.860. The van der Waals surface area contributed by atoms with Gasteiger partial charge in [-0.05, 0) is 12.8 Å². The van der Waals surface area contributed by atoms with Gasteiger partial charge in [-0.1, -0.05) is 13.3 Å². The predicted molar refractivity (Wildman–Crippen MR) is 85.4 cm³/mol. The monoisotopic (exact) mass is 382 g/mol. The molecule has 1 aliphatic rings. The van der Waals surface area contributed by atoms with Crippen LogP contribution in [0.15, 0.2) is 4.99 Å². The van der Waals surface area contributed by atoms with Crippen LogP contribution in [-0.4, -0.2) is 42.3 Å². The number of nitrogens with zero attached hydrogens (tertiary/aromatic N) is 2. The molecule has 1 heterocycles. The average Bonchev–Trinajstić information content (AvgIpc) is 2.33. The van der Waals surface area contributed by atoms with E-state index in [0.717, 1.165) is 12.8 Å². The Morgan fingerprint density at radius 2 is 2.00 bits per heavy atom. The molecule has 19 heavy (non-hydrogen) atoms. The molecule has 0 bridgehead atoms. The van der Waals surface area contributed by atoms with Crippen LogP contribution >= 0.6 is 24.0 Å². The summed E-state index contributed by atoms with van der Waals surface area (Å²) in [4.78, 5) is 28.4. The van der Waals surface area contributed by atoms with Gasteiger partial charge in [-0.2, -0.15) is 0 Å². The number of unbranched alkanes of at least 4 members (excludes halogenated alkanes) is 1. The number of guanidine groups is 1. The molecule has 0 saturated carbocycles. The van der Waals surface area contributed by atoms with Crippen LogP contribution < -0.4 is 11.1 Å². The Bertz CT molecular complexity index is 318. The van der Waals surface area contributed by atoms with Crippen LogP contribution in [-0.2, 0) is 9.59 Å². The van der Waals surface area contributed by atoms with Crippen molar-refractivity contribution in [3.8, 4) is 0 Å². The second kappa shape index (κ2) is 9.99. The second-order valence-electron chi connectivity index (χ2n) is 4.34. The lowest BCUT2D eigenvalue weighted by molar-refractivity contribution is -0.147. The van der Waals surface area contributed by atoms with Gasteiger partial charge in [0.25, 0.3) is 0 Å². The van der Waals surface area contributed by atoms with Crippen LogP contribution in [0.4, 0.5) is 0 Å². The third-order valence-corrected chi connectivity index (χ3v) is 2.82. The summed E-state index contributed by atoms with van der Waals surface area (Å²) in [6.07, 6.45) is 3.68. The maximum atomic E-state index is 11.5. The molecule has 1 rings (SSSR count). The Kier molecular flexibility index (Phi) is 9.54. The fraction of sp³-hybridized carbons (Fsp3) is 0.750. The van der Waals surface area contributed by atoms with Crippen molar-refractivity contribution in [2.75, 3.05) is 19.6 Å². The van der Waals surface area contributed by atoms with E-state index in [9.17, 15) is 9.59 Å². The Balaban J connectivity index is 0.00000324. The molecule has 0 atom stereocenters. The van der Waals surface area contributed by atoms with Gasteiger partial charge in [0.2, 0.25) is 11.8 Å². The number of amides is 2. The van der Waals surface area contributed by atoms with E-state index in [2.05, 4.69) is 17.2 Å². The summed E-state index contributed by atoms with van der Waals surface area (Å²) >= 11 is 0. The lowest BCUT2D eigenvalue weighted by Gasteiger charge is -2.24. The zero-order chi connectivity index (χ0) is 13.4. The molecule has 7 heteroatoms. The highest BCUT2D eigenvalue weighted by molar-refractivity contribution is 14.0. The molecule has 0 aromatic heterocycles. The quantitative estimate of drug-likeness (QED) is 0.234. The van der Waals surface area contributed by atoms with E-state index in [1.165, 1.54) is 4.90 Å². The summed E-state index contributed by atoms with van der Waals surface area (Å²) in [5.41, 5.74) is 5.65. The van der Waals surface area contributed by atoms with Crippen molar-refractivity contribution in [3.05, 3.63) is 0 Å². The molecule has 0 aromatic carbocycles. The van der Waals surface area contributed by atoms with Crippen LogP contribution in [0.5, 0.6) is 0 Å². The minimum Gasteiger partial charge on any atom is -0.370 e. The predicted octanol–water partition coefficient (Wildman–Crippen LogP) is 0.848. The molecule has 0 unspecified atom stereocenters. The first kappa shape index (κ1) is 18.1. The van der Waals surface area contributed by atoms with E-state index in [-0.39, 0.29) is 35.8 Å². The standard InChI is InChI=1S/C12H22N4O2.HI/c1-2-3-7-14-12(13)15-8-9-16-10(17)5-4-6-11(16)18;/h2-9H2,1H3,(H3,13,14,15);1H. The summed E-state index contributed by atoms with van der Waals surface area (Å²) in [7, 11) is 0. The summed E-state index contributed by atoms with van der Waals surface area (Å²) in [6.45, 7) is 3.62. The average molecular weight is 382 g/mol. The number of aliphatic imine (C=N–C) groups is 1. The van der Waals surface area contributed by atoms with Gasteiger partial charge in [-0.25, -0.2) is 0 Å². The Morgan fingerprint density at radius 1 is 1.37 bits per heavy atom. The van der Waals surface area contributed by atoms with Crippen LogP contribution in [0, 0.1) is 0 Å². The lowest BCUT2D eigenvalue weighted by Crippen LogP contribution is -2.45. The van der Waals surface area contributed by atoms with Crippen molar-refractivity contribution in [1.82, 2.24) is 10.2 Å². The molecule has 0 aromatic rings. The van der Waals surface area contributed by atoms with Gasteiger partial charge in [0.05, 0.1) is 0 Å². The van der Waals surface area contributed by atoms with Gasteiger partial charge in [-0.15, -0.1) is 24.0 Å². The van der Waals surface area contributed by atoms with Crippen molar-refractivity contribution in [2.24, 2.45) is 10.7 Å². The number of nitrogens with two attached hydrogens (primary N) is 1. The fourth-order valence-corrected chi connectivity index (χ4v) is 1.76. The molecular weight excluding hydrogens is 359 g/mol. The molecule has 110 valence electrons. The number of nitrogens with one attached hydrogen (secondary N) is 1. The van der Waals surface area contributed by atoms with Crippen molar-refractivity contribution >= 4 is 41.8 Å². The highest BCUT2D eigenvalue weighted by Gasteiger charge is 2.24. The molecule has 6 nitrogen and oxygen atoms in total. The number of likely N-dealkylation sites (tertiary alicyclic amines) is 1. The van der Waals surface area contributed by atoms with Crippen molar-refractivity contribution in [3.63, 3.8) is 0 Å². The van der Waals surface area contributed by atoms with Crippen molar-refractivity contribution in [2.45, 2.75) is 39.0 Å². The van der Waals surface area contributed by atoms with E-state index in [4.69, 9.17) is 5.73 Å². The number of carbonyl (C=O) groups excluding carboxylic acids is 2. The van der Waals surface area contributed by atoms with E-state index >= 15 is 0 Å². The molecule has 1 fully saturated rings. The Morgan fingerprint density at radius 3 is 2.58 bits per heavy atom. The number of halogens is 1. The number of hydrogen-bond donors (Lipinski definition) is 2. The summed E-state index contributed by atoms with van der Waals surface area (Å²) in [6, 6.07) is 0. The summed E-state index contributed by atoms with van der Waals surface area (Å²) in [5, 5.41) is 2.91. The van der Waals surface area contributed by atoms with Crippen LogP contribution in [0.1, 0.15) is 39.0 Å². The smallest absolute Gasteiger partial charge is 0.229 e. The first-order chi connectivity index (χ1) is 8.65. The maximum absolute atomic E-state index is 11.5. The van der Waals surface area contributed by atoms with Gasteiger partial charge in [-0.3, -0.25) is 19.5 Å². The largest absolute Gasteiger partial charge is 0.370 e.